The van der Waals surface area contributed by atoms with Crippen LogP contribution in [0.25, 0.3) is 6.08 Å². The number of amides is 1. The van der Waals surface area contributed by atoms with Crippen molar-refractivity contribution in [3.63, 3.8) is 0 Å². The molecule has 1 amide bonds. The molecular formula is C10H12N2O. The van der Waals surface area contributed by atoms with E-state index in [4.69, 9.17) is 11.5 Å². The number of nitrogens with two attached hydrogens (primary N) is 2. The molecule has 0 atom stereocenters. The number of hydrogen-bond acceptors (Lipinski definition) is 2. The molecule has 0 saturated heterocycles. The highest BCUT2D eigenvalue weighted by Gasteiger charge is 1.89. The van der Waals surface area contributed by atoms with Crippen LogP contribution >= 0.6 is 0 Å². The maximum absolute atomic E-state index is 10.4. The van der Waals surface area contributed by atoms with E-state index in [1.807, 2.05) is 24.3 Å². The monoisotopic (exact) mass is 176 g/mol. The average Bonchev–Trinajstić information content (AvgIpc) is 2.15. The first-order valence-corrected chi connectivity index (χ1v) is 3.99. The molecule has 1 aromatic rings. The second kappa shape index (κ2) is 4.42. The lowest BCUT2D eigenvalue weighted by atomic mass is 10.1. The van der Waals surface area contributed by atoms with Gasteiger partial charge < -0.3 is 11.5 Å². The molecule has 0 bridgehead atoms. The molecule has 0 aliphatic heterocycles. The molecule has 3 nitrogen and oxygen atoms in total. The minimum atomic E-state index is -0.442. The van der Waals surface area contributed by atoms with Crippen molar-refractivity contribution >= 4 is 12.0 Å². The van der Waals surface area contributed by atoms with E-state index in [0.717, 1.165) is 11.1 Å². The van der Waals surface area contributed by atoms with E-state index in [0.29, 0.717) is 6.54 Å². The van der Waals surface area contributed by atoms with Crippen LogP contribution < -0.4 is 11.5 Å². The molecule has 0 aliphatic rings. The van der Waals surface area contributed by atoms with Gasteiger partial charge in [0.15, 0.2) is 0 Å². The third kappa shape index (κ3) is 3.09. The van der Waals surface area contributed by atoms with E-state index in [-0.39, 0.29) is 0 Å². The summed E-state index contributed by atoms with van der Waals surface area (Å²) in [6, 6.07) is 7.62. The highest BCUT2D eigenvalue weighted by atomic mass is 16.1. The molecular weight excluding hydrogens is 164 g/mol. The van der Waals surface area contributed by atoms with Crippen LogP contribution in [0.3, 0.4) is 0 Å². The molecule has 0 saturated carbocycles. The van der Waals surface area contributed by atoms with Gasteiger partial charge in [-0.25, -0.2) is 0 Å². The SMILES string of the molecule is NCc1ccc(/C=C/C(N)=O)cc1. The highest BCUT2D eigenvalue weighted by molar-refractivity contribution is 5.90. The number of hydrogen-bond donors (Lipinski definition) is 2. The number of carbonyl (C=O) groups excluding carboxylic acids is 1. The van der Waals surface area contributed by atoms with Crippen molar-refractivity contribution in [2.45, 2.75) is 6.54 Å². The summed E-state index contributed by atoms with van der Waals surface area (Å²) >= 11 is 0. The van der Waals surface area contributed by atoms with Crippen molar-refractivity contribution in [2.75, 3.05) is 0 Å². The standard InChI is InChI=1S/C10H12N2O/c11-7-9-3-1-8(2-4-9)5-6-10(12)13/h1-6H,7,11H2,(H2,12,13)/b6-5+. The fourth-order valence-corrected chi connectivity index (χ4v) is 0.943. The zero-order valence-corrected chi connectivity index (χ0v) is 7.23. The van der Waals surface area contributed by atoms with Crippen LogP contribution in [0.2, 0.25) is 0 Å². The van der Waals surface area contributed by atoms with Gasteiger partial charge in [0.1, 0.15) is 0 Å². The first-order valence-electron chi connectivity index (χ1n) is 3.99. The highest BCUT2D eigenvalue weighted by Crippen LogP contribution is 2.05. The molecule has 0 aromatic heterocycles. The number of benzene rings is 1. The number of rotatable bonds is 3. The van der Waals surface area contributed by atoms with Crippen LogP contribution in [0.5, 0.6) is 0 Å². The smallest absolute Gasteiger partial charge is 0.241 e. The Morgan fingerprint density at radius 2 is 1.92 bits per heavy atom. The van der Waals surface area contributed by atoms with Gasteiger partial charge in [-0.05, 0) is 17.2 Å². The largest absolute Gasteiger partial charge is 0.366 e. The molecule has 1 rings (SSSR count). The summed E-state index contributed by atoms with van der Waals surface area (Å²) in [7, 11) is 0. The summed E-state index contributed by atoms with van der Waals surface area (Å²) in [6.45, 7) is 0.528. The van der Waals surface area contributed by atoms with Crippen molar-refractivity contribution in [3.05, 3.63) is 41.5 Å². The second-order valence-electron chi connectivity index (χ2n) is 2.68. The Bertz CT molecular complexity index is 314. The summed E-state index contributed by atoms with van der Waals surface area (Å²) in [5.74, 6) is -0.442. The van der Waals surface area contributed by atoms with Gasteiger partial charge in [0, 0.05) is 12.6 Å². The Labute approximate surface area is 77.0 Å². The van der Waals surface area contributed by atoms with Crippen molar-refractivity contribution in [1.29, 1.82) is 0 Å². The number of primary amides is 1. The predicted octanol–water partition coefficient (Wildman–Crippen LogP) is 0.644. The van der Waals surface area contributed by atoms with Crippen molar-refractivity contribution < 1.29 is 4.79 Å². The molecule has 1 aromatic carbocycles. The first kappa shape index (κ1) is 9.48. The molecule has 4 N–H and O–H groups in total. The predicted molar refractivity (Wildman–Crippen MR) is 52.6 cm³/mol. The molecule has 0 aliphatic carbocycles. The summed E-state index contributed by atoms with van der Waals surface area (Å²) in [5.41, 5.74) is 12.4. The zero-order valence-electron chi connectivity index (χ0n) is 7.23. The van der Waals surface area contributed by atoms with Crippen LogP contribution in [0, 0.1) is 0 Å². The minimum absolute atomic E-state index is 0.442. The van der Waals surface area contributed by atoms with E-state index in [2.05, 4.69) is 0 Å². The van der Waals surface area contributed by atoms with Gasteiger partial charge in [-0.2, -0.15) is 0 Å². The first-order chi connectivity index (χ1) is 6.22. The lowest BCUT2D eigenvalue weighted by Crippen LogP contribution is -2.05. The van der Waals surface area contributed by atoms with Crippen LogP contribution in [0.15, 0.2) is 30.3 Å². The van der Waals surface area contributed by atoms with E-state index in [1.165, 1.54) is 6.08 Å². The third-order valence-corrected chi connectivity index (χ3v) is 1.66. The fraction of sp³-hybridized carbons (Fsp3) is 0.100. The number of carbonyl (C=O) groups is 1. The molecule has 13 heavy (non-hydrogen) atoms. The van der Waals surface area contributed by atoms with Gasteiger partial charge in [0.2, 0.25) is 5.91 Å². The van der Waals surface area contributed by atoms with Gasteiger partial charge in [-0.3, -0.25) is 4.79 Å². The van der Waals surface area contributed by atoms with Gasteiger partial charge >= 0.3 is 0 Å². The quantitative estimate of drug-likeness (QED) is 0.664. The van der Waals surface area contributed by atoms with E-state index in [1.54, 1.807) is 6.08 Å². The molecule has 0 spiro atoms. The maximum Gasteiger partial charge on any atom is 0.241 e. The maximum atomic E-state index is 10.4. The van der Waals surface area contributed by atoms with Crippen molar-refractivity contribution in [3.8, 4) is 0 Å². The topological polar surface area (TPSA) is 69.1 Å². The Morgan fingerprint density at radius 1 is 1.31 bits per heavy atom. The van der Waals surface area contributed by atoms with Crippen LogP contribution in [0.1, 0.15) is 11.1 Å². The van der Waals surface area contributed by atoms with Crippen LogP contribution in [-0.2, 0) is 11.3 Å². The summed E-state index contributed by atoms with van der Waals surface area (Å²) in [6.07, 6.45) is 3.00. The van der Waals surface area contributed by atoms with E-state index in [9.17, 15) is 4.79 Å². The molecule has 0 fully saturated rings. The Hall–Kier alpha value is -1.61. The van der Waals surface area contributed by atoms with Gasteiger partial charge in [0.05, 0.1) is 0 Å². The van der Waals surface area contributed by atoms with Gasteiger partial charge in [0.25, 0.3) is 0 Å². The van der Waals surface area contributed by atoms with Crippen LogP contribution in [-0.4, -0.2) is 5.91 Å². The lowest BCUT2D eigenvalue weighted by Gasteiger charge is -1.96. The summed E-state index contributed by atoms with van der Waals surface area (Å²) in [5, 5.41) is 0. The fourth-order valence-electron chi connectivity index (χ4n) is 0.943. The van der Waals surface area contributed by atoms with Crippen molar-refractivity contribution in [1.82, 2.24) is 0 Å². The normalized spacial score (nSPS) is 10.5. The second-order valence-corrected chi connectivity index (χ2v) is 2.68. The third-order valence-electron chi connectivity index (χ3n) is 1.66. The summed E-state index contributed by atoms with van der Waals surface area (Å²) < 4.78 is 0. The van der Waals surface area contributed by atoms with Crippen molar-refractivity contribution in [2.24, 2.45) is 11.5 Å². The van der Waals surface area contributed by atoms with Gasteiger partial charge in [-0.1, -0.05) is 24.3 Å². The van der Waals surface area contributed by atoms with E-state index >= 15 is 0 Å². The minimum Gasteiger partial charge on any atom is -0.366 e. The zero-order chi connectivity index (χ0) is 9.68. The molecule has 0 radical (unpaired) electrons. The molecule has 0 unspecified atom stereocenters. The molecule has 68 valence electrons. The van der Waals surface area contributed by atoms with Gasteiger partial charge in [-0.15, -0.1) is 0 Å². The summed E-state index contributed by atoms with van der Waals surface area (Å²) in [4.78, 5) is 10.4. The van der Waals surface area contributed by atoms with E-state index < -0.39 is 5.91 Å². The Kier molecular flexibility index (Phi) is 3.23. The molecule has 3 heteroatoms. The van der Waals surface area contributed by atoms with Crippen LogP contribution in [0.4, 0.5) is 0 Å². The Morgan fingerprint density at radius 3 is 2.38 bits per heavy atom. The lowest BCUT2D eigenvalue weighted by molar-refractivity contribution is -0.113. The molecule has 0 heterocycles. The Balaban J connectivity index is 2.75. The average molecular weight is 176 g/mol.